The Morgan fingerprint density at radius 2 is 1.74 bits per heavy atom. The number of benzene rings is 2. The normalized spacial score (nSPS) is 13.9. The monoisotopic (exact) mass is 464 g/mol. The van der Waals surface area contributed by atoms with Gasteiger partial charge in [0.25, 0.3) is 5.69 Å². The Morgan fingerprint density at radius 3 is 2.38 bits per heavy atom. The first-order valence-electron chi connectivity index (χ1n) is 10.6. The fraction of sp³-hybridized carbons (Fsp3) is 0.273. The standard InChI is InChI=1S/C22H24N8O4/c1-15(16-3-7-18(8-4-16)30(31)32)27-28-21-24-20(23-17-5-9-19(33-2)10-6-17)25-22(26-21)29-11-13-34-14-12-29/h3-10H,11-14H2,1-2H3,(H2,23,24,25,26,28)/b27-15+. The van der Waals surface area contributed by atoms with Gasteiger partial charge in [-0.2, -0.15) is 20.1 Å². The van der Waals surface area contributed by atoms with Crippen molar-refractivity contribution in [2.45, 2.75) is 6.92 Å². The molecule has 0 saturated carbocycles. The molecule has 12 heteroatoms. The number of nitro groups is 1. The van der Waals surface area contributed by atoms with Crippen LogP contribution in [0, 0.1) is 10.1 Å². The summed E-state index contributed by atoms with van der Waals surface area (Å²) in [7, 11) is 1.61. The Hall–Kier alpha value is -4.32. The molecule has 34 heavy (non-hydrogen) atoms. The van der Waals surface area contributed by atoms with E-state index < -0.39 is 4.92 Å². The number of hydrogen-bond acceptors (Lipinski definition) is 11. The van der Waals surface area contributed by atoms with E-state index in [-0.39, 0.29) is 11.6 Å². The predicted molar refractivity (Wildman–Crippen MR) is 128 cm³/mol. The van der Waals surface area contributed by atoms with Gasteiger partial charge in [-0.05, 0) is 48.9 Å². The van der Waals surface area contributed by atoms with Gasteiger partial charge in [-0.25, -0.2) is 5.43 Å². The molecule has 0 amide bonds. The van der Waals surface area contributed by atoms with Crippen molar-refractivity contribution in [2.24, 2.45) is 5.10 Å². The molecule has 0 radical (unpaired) electrons. The van der Waals surface area contributed by atoms with Crippen molar-refractivity contribution in [1.82, 2.24) is 15.0 Å². The van der Waals surface area contributed by atoms with Crippen LogP contribution in [-0.4, -0.2) is 59.0 Å². The van der Waals surface area contributed by atoms with Crippen LogP contribution in [-0.2, 0) is 4.74 Å². The summed E-state index contributed by atoms with van der Waals surface area (Å²) in [6.45, 7) is 4.29. The minimum absolute atomic E-state index is 0.0198. The quantitative estimate of drug-likeness (QED) is 0.290. The van der Waals surface area contributed by atoms with Gasteiger partial charge in [0.2, 0.25) is 17.8 Å². The van der Waals surface area contributed by atoms with Crippen molar-refractivity contribution in [2.75, 3.05) is 49.1 Å². The molecule has 2 heterocycles. The molecule has 0 bridgehead atoms. The molecule has 1 aliphatic rings. The maximum atomic E-state index is 10.9. The minimum atomic E-state index is -0.441. The summed E-state index contributed by atoms with van der Waals surface area (Å²) < 4.78 is 10.6. The number of anilines is 4. The number of nitrogens with zero attached hydrogens (tertiary/aromatic N) is 6. The number of nitro benzene ring substituents is 1. The van der Waals surface area contributed by atoms with Gasteiger partial charge in [0.15, 0.2) is 0 Å². The highest BCUT2D eigenvalue weighted by molar-refractivity contribution is 5.99. The van der Waals surface area contributed by atoms with Crippen LogP contribution in [0.3, 0.4) is 0 Å². The van der Waals surface area contributed by atoms with Gasteiger partial charge in [-0.1, -0.05) is 0 Å². The van der Waals surface area contributed by atoms with Crippen molar-refractivity contribution < 1.29 is 14.4 Å². The average Bonchev–Trinajstić information content (AvgIpc) is 2.88. The molecule has 3 aromatic rings. The highest BCUT2D eigenvalue weighted by Gasteiger charge is 2.17. The van der Waals surface area contributed by atoms with Gasteiger partial charge in [-0.3, -0.25) is 10.1 Å². The number of hydrazone groups is 1. The molecule has 4 rings (SSSR count). The van der Waals surface area contributed by atoms with Crippen molar-refractivity contribution in [3.8, 4) is 5.75 Å². The zero-order valence-corrected chi connectivity index (χ0v) is 18.8. The molecule has 0 atom stereocenters. The molecule has 1 aliphatic heterocycles. The van der Waals surface area contributed by atoms with Crippen LogP contribution in [0.15, 0.2) is 53.6 Å². The second-order valence-electron chi connectivity index (χ2n) is 7.35. The SMILES string of the molecule is COc1ccc(Nc2nc(N/N=C(\C)c3ccc([N+](=O)[O-])cc3)nc(N3CCOCC3)n2)cc1. The largest absolute Gasteiger partial charge is 0.497 e. The predicted octanol–water partition coefficient (Wildman–Crippen LogP) is 3.20. The first-order valence-corrected chi connectivity index (χ1v) is 10.6. The van der Waals surface area contributed by atoms with E-state index in [1.54, 1.807) is 26.2 Å². The molecular weight excluding hydrogens is 440 g/mol. The van der Waals surface area contributed by atoms with Gasteiger partial charge in [-0.15, -0.1) is 0 Å². The maximum absolute atomic E-state index is 10.9. The zero-order chi connectivity index (χ0) is 23.9. The summed E-state index contributed by atoms with van der Waals surface area (Å²) in [6.07, 6.45) is 0. The summed E-state index contributed by atoms with van der Waals surface area (Å²) >= 11 is 0. The molecule has 2 aromatic carbocycles. The lowest BCUT2D eigenvalue weighted by atomic mass is 10.1. The molecule has 1 saturated heterocycles. The fourth-order valence-corrected chi connectivity index (χ4v) is 3.20. The van der Waals surface area contributed by atoms with Gasteiger partial charge < -0.3 is 19.7 Å². The Balaban J connectivity index is 1.57. The number of hydrogen-bond donors (Lipinski definition) is 2. The molecular formula is C22H24N8O4. The van der Waals surface area contributed by atoms with E-state index in [0.717, 1.165) is 17.0 Å². The highest BCUT2D eigenvalue weighted by Crippen LogP contribution is 2.21. The van der Waals surface area contributed by atoms with Crippen molar-refractivity contribution in [3.05, 3.63) is 64.2 Å². The Morgan fingerprint density at radius 1 is 1.06 bits per heavy atom. The molecule has 1 fully saturated rings. The second-order valence-corrected chi connectivity index (χ2v) is 7.35. The average molecular weight is 464 g/mol. The summed E-state index contributed by atoms with van der Waals surface area (Å²) in [5, 5.41) is 18.4. The van der Waals surface area contributed by atoms with Gasteiger partial charge >= 0.3 is 0 Å². The number of morpholine rings is 1. The van der Waals surface area contributed by atoms with E-state index in [0.29, 0.717) is 43.9 Å². The van der Waals surface area contributed by atoms with Gasteiger partial charge in [0.1, 0.15) is 5.75 Å². The Kier molecular flexibility index (Phi) is 7.08. The molecule has 176 valence electrons. The van der Waals surface area contributed by atoms with Gasteiger partial charge in [0, 0.05) is 30.9 Å². The topological polar surface area (TPSA) is 140 Å². The van der Waals surface area contributed by atoms with Crippen LogP contribution in [0.2, 0.25) is 0 Å². The summed E-state index contributed by atoms with van der Waals surface area (Å²) in [4.78, 5) is 26.0. The first kappa shape index (κ1) is 22.9. The molecule has 2 N–H and O–H groups in total. The number of rotatable bonds is 8. The van der Waals surface area contributed by atoms with Crippen molar-refractivity contribution in [3.63, 3.8) is 0 Å². The lowest BCUT2D eigenvalue weighted by Gasteiger charge is -2.27. The number of methoxy groups -OCH3 is 1. The van der Waals surface area contributed by atoms with Crippen LogP contribution >= 0.6 is 0 Å². The van der Waals surface area contributed by atoms with Crippen LogP contribution in [0.5, 0.6) is 5.75 Å². The molecule has 0 spiro atoms. The van der Waals surface area contributed by atoms with E-state index in [1.807, 2.05) is 29.2 Å². The molecule has 12 nitrogen and oxygen atoms in total. The Labute approximate surface area is 195 Å². The Bertz CT molecular complexity index is 1160. The molecule has 0 aliphatic carbocycles. The number of nitrogens with one attached hydrogen (secondary N) is 2. The molecule has 1 aromatic heterocycles. The third-order valence-corrected chi connectivity index (χ3v) is 5.08. The van der Waals surface area contributed by atoms with Gasteiger partial charge in [0.05, 0.1) is 31.0 Å². The third-order valence-electron chi connectivity index (χ3n) is 5.08. The van der Waals surface area contributed by atoms with E-state index in [4.69, 9.17) is 9.47 Å². The second kappa shape index (κ2) is 10.5. The van der Waals surface area contributed by atoms with E-state index in [2.05, 4.69) is 30.8 Å². The van der Waals surface area contributed by atoms with Crippen LogP contribution < -0.4 is 20.4 Å². The lowest BCUT2D eigenvalue weighted by Crippen LogP contribution is -2.37. The van der Waals surface area contributed by atoms with Crippen LogP contribution in [0.1, 0.15) is 12.5 Å². The number of aromatic nitrogens is 3. The third kappa shape index (κ3) is 5.72. The first-order chi connectivity index (χ1) is 16.5. The van der Waals surface area contributed by atoms with Crippen LogP contribution in [0.25, 0.3) is 0 Å². The summed E-state index contributed by atoms with van der Waals surface area (Å²) in [5.74, 6) is 1.86. The minimum Gasteiger partial charge on any atom is -0.497 e. The number of non-ortho nitro benzene ring substituents is 1. The zero-order valence-electron chi connectivity index (χ0n) is 18.8. The van der Waals surface area contributed by atoms with E-state index in [1.165, 1.54) is 12.1 Å². The van der Waals surface area contributed by atoms with Crippen molar-refractivity contribution >= 4 is 34.9 Å². The smallest absolute Gasteiger partial charge is 0.269 e. The van der Waals surface area contributed by atoms with Crippen LogP contribution in [0.4, 0.5) is 29.2 Å². The van der Waals surface area contributed by atoms with Crippen molar-refractivity contribution in [1.29, 1.82) is 0 Å². The fourth-order valence-electron chi connectivity index (χ4n) is 3.20. The molecule has 0 unspecified atom stereocenters. The number of ether oxygens (including phenoxy) is 2. The lowest BCUT2D eigenvalue weighted by molar-refractivity contribution is -0.384. The summed E-state index contributed by atoms with van der Waals surface area (Å²) in [5.41, 5.74) is 5.04. The highest BCUT2D eigenvalue weighted by atomic mass is 16.6. The summed E-state index contributed by atoms with van der Waals surface area (Å²) in [6, 6.07) is 13.5. The maximum Gasteiger partial charge on any atom is 0.269 e. The van der Waals surface area contributed by atoms with E-state index >= 15 is 0 Å². The van der Waals surface area contributed by atoms with E-state index in [9.17, 15) is 10.1 Å².